The van der Waals surface area contributed by atoms with Gasteiger partial charge in [0.15, 0.2) is 10.3 Å². The third kappa shape index (κ3) is 3.21. The Morgan fingerprint density at radius 1 is 1.04 bits per heavy atom. The van der Waals surface area contributed by atoms with Crippen molar-refractivity contribution >= 4 is 59.3 Å². The Hall–Kier alpha value is -2.71. The summed E-state index contributed by atoms with van der Waals surface area (Å²) in [6, 6.07) is 11.2. The minimum atomic E-state index is -0.355. The van der Waals surface area contributed by atoms with Gasteiger partial charge in [0.1, 0.15) is 5.75 Å². The molecule has 6 nitrogen and oxygen atoms in total. The molecule has 132 valence electrons. The van der Waals surface area contributed by atoms with Crippen molar-refractivity contribution in [2.75, 3.05) is 19.0 Å². The summed E-state index contributed by atoms with van der Waals surface area (Å²) in [7, 11) is 1.37. The molecule has 0 radical (unpaired) electrons. The molecule has 0 aliphatic heterocycles. The number of carbonyl (C=O) groups excluding carboxylic acids is 1. The van der Waals surface area contributed by atoms with E-state index in [0.29, 0.717) is 12.2 Å². The van der Waals surface area contributed by atoms with Crippen LogP contribution in [0.25, 0.3) is 20.4 Å². The van der Waals surface area contributed by atoms with Gasteiger partial charge in [-0.25, -0.2) is 14.8 Å². The Morgan fingerprint density at radius 2 is 1.69 bits per heavy atom. The predicted molar refractivity (Wildman–Crippen MR) is 105 cm³/mol. The van der Waals surface area contributed by atoms with Crippen LogP contribution in [0.3, 0.4) is 0 Å². The second-order valence-corrected chi connectivity index (χ2v) is 7.46. The molecule has 2 aromatic heterocycles. The number of hydrogen-bond donors (Lipinski definition) is 1. The first-order valence-electron chi connectivity index (χ1n) is 7.95. The molecule has 2 aromatic carbocycles. The van der Waals surface area contributed by atoms with E-state index in [1.54, 1.807) is 23.5 Å². The van der Waals surface area contributed by atoms with Gasteiger partial charge in [0.2, 0.25) is 0 Å². The largest absolute Gasteiger partial charge is 0.494 e. The highest BCUT2D eigenvalue weighted by Crippen LogP contribution is 2.34. The first kappa shape index (κ1) is 16.7. The van der Waals surface area contributed by atoms with E-state index in [0.717, 1.165) is 36.4 Å². The predicted octanol–water partition coefficient (Wildman–Crippen LogP) is 4.83. The van der Waals surface area contributed by atoms with Crippen LogP contribution >= 0.6 is 22.7 Å². The van der Waals surface area contributed by atoms with Crippen molar-refractivity contribution < 1.29 is 14.3 Å². The van der Waals surface area contributed by atoms with E-state index in [4.69, 9.17) is 9.47 Å². The maximum Gasteiger partial charge on any atom is 0.337 e. The van der Waals surface area contributed by atoms with E-state index in [-0.39, 0.29) is 5.97 Å². The summed E-state index contributed by atoms with van der Waals surface area (Å²) < 4.78 is 12.3. The van der Waals surface area contributed by atoms with Gasteiger partial charge in [0, 0.05) is 0 Å². The number of nitrogens with zero attached hydrogens (tertiary/aromatic N) is 2. The molecule has 2 heterocycles. The van der Waals surface area contributed by atoms with Gasteiger partial charge in [-0.3, -0.25) is 0 Å². The number of aromatic nitrogens is 2. The van der Waals surface area contributed by atoms with Gasteiger partial charge in [-0.2, -0.15) is 0 Å². The lowest BCUT2D eigenvalue weighted by atomic mass is 10.2. The number of esters is 1. The fraction of sp³-hybridized carbons (Fsp3) is 0.167. The number of anilines is 2. The van der Waals surface area contributed by atoms with Crippen LogP contribution in [-0.4, -0.2) is 29.7 Å². The fourth-order valence-electron chi connectivity index (χ4n) is 2.53. The van der Waals surface area contributed by atoms with Gasteiger partial charge >= 0.3 is 5.97 Å². The lowest BCUT2D eigenvalue weighted by Crippen LogP contribution is -1.99. The van der Waals surface area contributed by atoms with Crippen LogP contribution in [0.5, 0.6) is 5.75 Å². The normalized spacial score (nSPS) is 11.0. The monoisotopic (exact) mass is 385 g/mol. The summed E-state index contributed by atoms with van der Waals surface area (Å²) in [6.07, 6.45) is 0. The number of hydrogen-bond acceptors (Lipinski definition) is 8. The fourth-order valence-corrected chi connectivity index (χ4v) is 4.39. The molecule has 0 saturated heterocycles. The molecule has 8 heteroatoms. The van der Waals surface area contributed by atoms with Crippen molar-refractivity contribution in [3.8, 4) is 5.75 Å². The van der Waals surface area contributed by atoms with E-state index in [1.165, 1.54) is 18.4 Å². The Bertz CT molecular complexity index is 1100. The molecule has 0 amide bonds. The van der Waals surface area contributed by atoms with Gasteiger partial charge < -0.3 is 14.8 Å². The molecule has 0 fully saturated rings. The van der Waals surface area contributed by atoms with Gasteiger partial charge in [0.25, 0.3) is 0 Å². The smallest absolute Gasteiger partial charge is 0.337 e. The summed E-state index contributed by atoms with van der Waals surface area (Å²) in [6.45, 7) is 2.59. The van der Waals surface area contributed by atoms with Crippen LogP contribution in [0.4, 0.5) is 10.3 Å². The number of methoxy groups -OCH3 is 1. The van der Waals surface area contributed by atoms with Crippen LogP contribution < -0.4 is 10.1 Å². The summed E-state index contributed by atoms with van der Waals surface area (Å²) in [5.41, 5.74) is 2.25. The van der Waals surface area contributed by atoms with E-state index in [2.05, 4.69) is 15.3 Å². The number of carbonyl (C=O) groups is 1. The van der Waals surface area contributed by atoms with Crippen molar-refractivity contribution in [2.45, 2.75) is 6.92 Å². The summed E-state index contributed by atoms with van der Waals surface area (Å²) in [5.74, 6) is 0.483. The van der Waals surface area contributed by atoms with E-state index < -0.39 is 0 Å². The molecule has 0 atom stereocenters. The standard InChI is InChI=1S/C18H15N3O3S2/c1-3-24-11-5-7-13-15(9-11)26-18(20-13)21-17-19-12-6-4-10(16(22)23-2)8-14(12)25-17/h4-9H,3H2,1-2H3,(H,19,20,21). The Kier molecular flexibility index (Phi) is 4.44. The molecule has 0 unspecified atom stereocenters. The van der Waals surface area contributed by atoms with Gasteiger partial charge in [-0.15, -0.1) is 0 Å². The molecular weight excluding hydrogens is 370 g/mol. The highest BCUT2D eigenvalue weighted by molar-refractivity contribution is 7.24. The summed E-state index contributed by atoms with van der Waals surface area (Å²) >= 11 is 3.01. The van der Waals surface area contributed by atoms with E-state index in [1.807, 2.05) is 31.2 Å². The first-order chi connectivity index (χ1) is 12.7. The maximum atomic E-state index is 11.7. The van der Waals surface area contributed by atoms with E-state index >= 15 is 0 Å². The molecule has 4 aromatic rings. The van der Waals surface area contributed by atoms with Crippen molar-refractivity contribution in [3.63, 3.8) is 0 Å². The van der Waals surface area contributed by atoms with Crippen LogP contribution in [0.15, 0.2) is 36.4 Å². The highest BCUT2D eigenvalue weighted by Gasteiger charge is 2.11. The quantitative estimate of drug-likeness (QED) is 0.496. The molecular formula is C18H15N3O3S2. The molecule has 0 bridgehead atoms. The minimum Gasteiger partial charge on any atom is -0.494 e. The van der Waals surface area contributed by atoms with E-state index in [9.17, 15) is 4.79 Å². The average Bonchev–Trinajstić information content (AvgIpc) is 3.22. The topological polar surface area (TPSA) is 73.3 Å². The zero-order valence-corrected chi connectivity index (χ0v) is 15.7. The highest BCUT2D eigenvalue weighted by atomic mass is 32.1. The number of nitrogens with one attached hydrogen (secondary N) is 1. The van der Waals surface area contributed by atoms with Crippen molar-refractivity contribution in [2.24, 2.45) is 0 Å². The number of benzene rings is 2. The van der Waals surface area contributed by atoms with Gasteiger partial charge in [-0.05, 0) is 43.3 Å². The van der Waals surface area contributed by atoms with Crippen molar-refractivity contribution in [1.29, 1.82) is 0 Å². The summed E-state index contributed by atoms with van der Waals surface area (Å²) in [5, 5.41) is 4.75. The first-order valence-corrected chi connectivity index (χ1v) is 9.59. The number of rotatable bonds is 5. The zero-order valence-electron chi connectivity index (χ0n) is 14.1. The number of fused-ring (bicyclic) bond motifs is 2. The lowest BCUT2D eigenvalue weighted by molar-refractivity contribution is 0.0601. The average molecular weight is 385 g/mol. The number of thiazole rings is 2. The molecule has 0 spiro atoms. The molecule has 26 heavy (non-hydrogen) atoms. The SMILES string of the molecule is CCOc1ccc2nc(Nc3nc4ccc(C(=O)OC)cc4s3)sc2c1. The Labute approximate surface area is 157 Å². The second kappa shape index (κ2) is 6.89. The molecule has 0 saturated carbocycles. The molecule has 4 rings (SSSR count). The van der Waals surface area contributed by atoms with Gasteiger partial charge in [0.05, 0.1) is 39.7 Å². The molecule has 1 N–H and O–H groups in total. The van der Waals surface area contributed by atoms with Crippen molar-refractivity contribution in [3.05, 3.63) is 42.0 Å². The zero-order chi connectivity index (χ0) is 18.1. The second-order valence-electron chi connectivity index (χ2n) is 5.40. The maximum absolute atomic E-state index is 11.7. The van der Waals surface area contributed by atoms with Crippen LogP contribution in [0, 0.1) is 0 Å². The van der Waals surface area contributed by atoms with Crippen LogP contribution in [0.2, 0.25) is 0 Å². The Balaban J connectivity index is 1.62. The lowest BCUT2D eigenvalue weighted by Gasteiger charge is -2.00. The van der Waals surface area contributed by atoms with Crippen molar-refractivity contribution in [1.82, 2.24) is 9.97 Å². The molecule has 0 aliphatic carbocycles. The summed E-state index contributed by atoms with van der Waals surface area (Å²) in [4.78, 5) is 20.8. The number of ether oxygens (including phenoxy) is 2. The third-order valence-corrected chi connectivity index (χ3v) is 5.56. The molecule has 0 aliphatic rings. The Morgan fingerprint density at radius 3 is 2.35 bits per heavy atom. The van der Waals surface area contributed by atoms with Gasteiger partial charge in [-0.1, -0.05) is 22.7 Å². The van der Waals surface area contributed by atoms with Crippen LogP contribution in [0.1, 0.15) is 17.3 Å². The minimum absolute atomic E-state index is 0.355. The third-order valence-electron chi connectivity index (χ3n) is 3.69. The van der Waals surface area contributed by atoms with Crippen LogP contribution in [-0.2, 0) is 4.74 Å².